The molecule has 116 valence electrons. The van der Waals surface area contributed by atoms with Gasteiger partial charge in [0.15, 0.2) is 11.5 Å². The highest BCUT2D eigenvalue weighted by molar-refractivity contribution is 5.89. The molecule has 1 amide bonds. The summed E-state index contributed by atoms with van der Waals surface area (Å²) in [6.45, 7) is 3.03. The lowest BCUT2D eigenvalue weighted by Gasteiger charge is -2.23. The van der Waals surface area contributed by atoms with E-state index in [-0.39, 0.29) is 17.9 Å². The fourth-order valence-electron chi connectivity index (χ4n) is 1.61. The van der Waals surface area contributed by atoms with Crippen LogP contribution in [0.2, 0.25) is 0 Å². The molecule has 0 aliphatic rings. The fourth-order valence-corrected chi connectivity index (χ4v) is 1.61. The van der Waals surface area contributed by atoms with Crippen LogP contribution in [0.25, 0.3) is 0 Å². The largest absolute Gasteiger partial charge is 0.504 e. The van der Waals surface area contributed by atoms with Gasteiger partial charge < -0.3 is 26.0 Å². The van der Waals surface area contributed by atoms with Crippen LogP contribution in [-0.4, -0.2) is 40.8 Å². The van der Waals surface area contributed by atoms with E-state index in [4.69, 9.17) is 5.73 Å². The van der Waals surface area contributed by atoms with Gasteiger partial charge in [0, 0.05) is 6.42 Å². The summed E-state index contributed by atoms with van der Waals surface area (Å²) in [6.07, 6.45) is 0.0995. The maximum atomic E-state index is 11.9. The van der Waals surface area contributed by atoms with Gasteiger partial charge in [-0.05, 0) is 31.5 Å². The topological polar surface area (TPSA) is 122 Å². The molecule has 21 heavy (non-hydrogen) atoms. The molecule has 0 fully saturated rings. The molecule has 1 aromatic rings. The third-order valence-corrected chi connectivity index (χ3v) is 2.86. The number of hydrogen-bond donors (Lipinski definition) is 4. The molecule has 0 aliphatic carbocycles. The summed E-state index contributed by atoms with van der Waals surface area (Å²) < 4.78 is 4.65. The molecule has 7 nitrogen and oxygen atoms in total. The normalized spacial score (nSPS) is 12.6. The molecule has 0 spiro atoms. The quantitative estimate of drug-likeness (QED) is 0.449. The zero-order valence-corrected chi connectivity index (χ0v) is 12.2. The summed E-state index contributed by atoms with van der Waals surface area (Å²) in [5.74, 6) is -1.69. The zero-order chi connectivity index (χ0) is 16.2. The van der Waals surface area contributed by atoms with Crippen LogP contribution in [0.4, 0.5) is 0 Å². The summed E-state index contributed by atoms with van der Waals surface area (Å²) in [5.41, 5.74) is 5.09. The van der Waals surface area contributed by atoms with Crippen LogP contribution in [0, 0.1) is 0 Å². The Bertz CT molecular complexity index is 537. The Hall–Kier alpha value is -2.28. The van der Waals surface area contributed by atoms with Gasteiger partial charge in [0.1, 0.15) is 6.04 Å². The molecular weight excluding hydrogens is 276 g/mol. The zero-order valence-electron chi connectivity index (χ0n) is 12.2. The number of aromatic hydroxyl groups is 2. The van der Waals surface area contributed by atoms with Crippen LogP contribution in [0.5, 0.6) is 11.5 Å². The number of benzene rings is 1. The van der Waals surface area contributed by atoms with E-state index in [0.29, 0.717) is 5.56 Å². The molecule has 1 atom stereocenters. The number of carbonyl (C=O) groups excluding carboxylic acids is 2. The number of esters is 1. The van der Waals surface area contributed by atoms with Crippen LogP contribution in [0.15, 0.2) is 18.2 Å². The van der Waals surface area contributed by atoms with Crippen molar-refractivity contribution in [3.8, 4) is 11.5 Å². The predicted octanol–water partition coefficient (Wildman–Crippen LogP) is 0.0354. The van der Waals surface area contributed by atoms with Gasteiger partial charge in [0.05, 0.1) is 12.6 Å². The van der Waals surface area contributed by atoms with E-state index in [1.165, 1.54) is 39.2 Å². The first kappa shape index (κ1) is 16.8. The number of phenols is 2. The summed E-state index contributed by atoms with van der Waals surface area (Å²) in [7, 11) is 1.21. The van der Waals surface area contributed by atoms with Gasteiger partial charge in [0.25, 0.3) is 0 Å². The van der Waals surface area contributed by atoms with Gasteiger partial charge in [-0.2, -0.15) is 0 Å². The first-order chi connectivity index (χ1) is 9.65. The number of nitrogens with one attached hydrogen (secondary N) is 1. The fraction of sp³-hybridized carbons (Fsp3) is 0.429. The molecule has 1 aromatic carbocycles. The van der Waals surface area contributed by atoms with E-state index in [9.17, 15) is 19.8 Å². The monoisotopic (exact) mass is 296 g/mol. The molecule has 0 aromatic heterocycles. The molecule has 0 saturated heterocycles. The average molecular weight is 296 g/mol. The van der Waals surface area contributed by atoms with Crippen molar-refractivity contribution in [2.45, 2.75) is 31.8 Å². The minimum atomic E-state index is -1.14. The van der Waals surface area contributed by atoms with Crippen LogP contribution in [-0.2, 0) is 20.7 Å². The smallest absolute Gasteiger partial charge is 0.328 e. The lowest BCUT2D eigenvalue weighted by molar-refractivity contribution is -0.145. The molecule has 0 heterocycles. The molecule has 7 heteroatoms. The first-order valence-electron chi connectivity index (χ1n) is 6.33. The minimum Gasteiger partial charge on any atom is -0.504 e. The van der Waals surface area contributed by atoms with Crippen molar-refractivity contribution in [1.29, 1.82) is 0 Å². The minimum absolute atomic E-state index is 0.0995. The number of hydrogen-bond acceptors (Lipinski definition) is 6. The summed E-state index contributed by atoms with van der Waals surface area (Å²) >= 11 is 0. The van der Waals surface area contributed by atoms with Crippen LogP contribution >= 0.6 is 0 Å². The summed E-state index contributed by atoms with van der Waals surface area (Å²) in [4.78, 5) is 23.6. The molecular formula is C14H20N2O5. The average Bonchev–Trinajstić information content (AvgIpc) is 2.40. The van der Waals surface area contributed by atoms with Crippen molar-refractivity contribution in [3.05, 3.63) is 23.8 Å². The van der Waals surface area contributed by atoms with E-state index >= 15 is 0 Å². The van der Waals surface area contributed by atoms with Crippen molar-refractivity contribution in [1.82, 2.24) is 5.32 Å². The maximum Gasteiger partial charge on any atom is 0.328 e. The Balaban J connectivity index is 2.91. The molecule has 5 N–H and O–H groups in total. The number of carbonyl (C=O) groups is 2. The lowest BCUT2D eigenvalue weighted by Crippen LogP contribution is -2.54. The molecule has 0 aliphatic heterocycles. The van der Waals surface area contributed by atoms with Gasteiger partial charge in [-0.3, -0.25) is 4.79 Å². The number of nitrogens with two attached hydrogens (primary N) is 1. The predicted molar refractivity (Wildman–Crippen MR) is 75.7 cm³/mol. The van der Waals surface area contributed by atoms with E-state index in [1.807, 2.05) is 0 Å². The SMILES string of the molecule is COC(=O)[C@H](Cc1ccc(O)c(O)c1)NC(=O)C(C)(C)N. The van der Waals surface area contributed by atoms with Crippen molar-refractivity contribution in [2.24, 2.45) is 5.73 Å². The second kappa shape index (κ2) is 6.45. The number of methoxy groups -OCH3 is 1. The highest BCUT2D eigenvalue weighted by atomic mass is 16.5. The van der Waals surface area contributed by atoms with E-state index in [1.54, 1.807) is 0 Å². The number of phenolic OH excluding ortho intramolecular Hbond substituents is 2. The van der Waals surface area contributed by atoms with E-state index < -0.39 is 23.5 Å². The molecule has 0 radical (unpaired) electrons. The highest BCUT2D eigenvalue weighted by Crippen LogP contribution is 2.25. The third-order valence-electron chi connectivity index (χ3n) is 2.86. The Labute approximate surface area is 122 Å². The highest BCUT2D eigenvalue weighted by Gasteiger charge is 2.28. The third kappa shape index (κ3) is 4.64. The van der Waals surface area contributed by atoms with Crippen molar-refractivity contribution < 1.29 is 24.5 Å². The van der Waals surface area contributed by atoms with Crippen LogP contribution < -0.4 is 11.1 Å². The van der Waals surface area contributed by atoms with Gasteiger partial charge in [-0.1, -0.05) is 6.07 Å². The summed E-state index contributed by atoms with van der Waals surface area (Å²) in [6, 6.07) is 3.21. The lowest BCUT2D eigenvalue weighted by atomic mass is 10.0. The van der Waals surface area contributed by atoms with Gasteiger partial charge >= 0.3 is 5.97 Å². The van der Waals surface area contributed by atoms with Crippen molar-refractivity contribution >= 4 is 11.9 Å². The summed E-state index contributed by atoms with van der Waals surface area (Å²) in [5, 5.41) is 21.2. The Morgan fingerprint density at radius 1 is 1.33 bits per heavy atom. The second-order valence-electron chi connectivity index (χ2n) is 5.30. The number of amides is 1. The second-order valence-corrected chi connectivity index (χ2v) is 5.30. The van der Waals surface area contributed by atoms with E-state index in [0.717, 1.165) is 0 Å². The Morgan fingerprint density at radius 3 is 2.43 bits per heavy atom. The van der Waals surface area contributed by atoms with Crippen LogP contribution in [0.1, 0.15) is 19.4 Å². The van der Waals surface area contributed by atoms with Gasteiger partial charge in [-0.25, -0.2) is 4.79 Å². The number of ether oxygens (including phenoxy) is 1. The molecule has 0 bridgehead atoms. The van der Waals surface area contributed by atoms with Crippen molar-refractivity contribution in [3.63, 3.8) is 0 Å². The van der Waals surface area contributed by atoms with Gasteiger partial charge in [-0.15, -0.1) is 0 Å². The molecule has 0 saturated carbocycles. The first-order valence-corrected chi connectivity index (χ1v) is 6.33. The van der Waals surface area contributed by atoms with Gasteiger partial charge in [0.2, 0.25) is 5.91 Å². The van der Waals surface area contributed by atoms with Crippen molar-refractivity contribution in [2.75, 3.05) is 7.11 Å². The maximum absolute atomic E-state index is 11.9. The molecule has 0 unspecified atom stereocenters. The standard InChI is InChI=1S/C14H20N2O5/c1-14(2,15)13(20)16-9(12(19)21-3)6-8-4-5-10(17)11(18)7-8/h4-5,7,9,17-18H,6,15H2,1-3H3,(H,16,20)/t9-/m0/s1. The Morgan fingerprint density at radius 2 is 1.95 bits per heavy atom. The Kier molecular flexibility index (Phi) is 5.15. The molecule has 1 rings (SSSR count). The van der Waals surface area contributed by atoms with E-state index in [2.05, 4.69) is 10.1 Å². The van der Waals surface area contributed by atoms with Crippen LogP contribution in [0.3, 0.4) is 0 Å². The number of rotatable bonds is 5.